The molecule has 1 atom stereocenters. The van der Waals surface area contributed by atoms with Crippen molar-refractivity contribution in [2.45, 2.75) is 38.5 Å². The van der Waals surface area contributed by atoms with Crippen LogP contribution < -0.4 is 10.9 Å². The van der Waals surface area contributed by atoms with Gasteiger partial charge >= 0.3 is 0 Å². The first-order valence-electron chi connectivity index (χ1n) is 10.9. The van der Waals surface area contributed by atoms with E-state index in [1.165, 1.54) is 18.6 Å². The van der Waals surface area contributed by atoms with Gasteiger partial charge in [-0.2, -0.15) is 0 Å². The molecule has 4 aromatic rings. The van der Waals surface area contributed by atoms with Crippen molar-refractivity contribution in [1.82, 2.24) is 24.8 Å². The van der Waals surface area contributed by atoms with E-state index < -0.39 is 0 Å². The van der Waals surface area contributed by atoms with Gasteiger partial charge in [-0.25, -0.2) is 15.0 Å². The van der Waals surface area contributed by atoms with Gasteiger partial charge in [-0.05, 0) is 37.6 Å². The predicted octanol–water partition coefficient (Wildman–Crippen LogP) is 4.58. The summed E-state index contributed by atoms with van der Waals surface area (Å²) in [5.74, 6) is 0. The maximum absolute atomic E-state index is 12.1. The largest absolute Gasteiger partial charge is 0.369 e. The van der Waals surface area contributed by atoms with E-state index in [4.69, 9.17) is 27.9 Å². The van der Waals surface area contributed by atoms with Crippen LogP contribution in [0.1, 0.15) is 24.3 Å². The van der Waals surface area contributed by atoms with E-state index >= 15 is 0 Å². The van der Waals surface area contributed by atoms with Crippen molar-refractivity contribution in [2.24, 2.45) is 0 Å². The minimum atomic E-state index is -0.253. The highest BCUT2D eigenvalue weighted by Gasteiger charge is 2.30. The number of nitrogens with one attached hydrogen (secondary N) is 1. The molecule has 0 amide bonds. The summed E-state index contributed by atoms with van der Waals surface area (Å²) < 4.78 is 8.78. The number of hydrogen-bond donors (Lipinski definition) is 1. The number of ether oxygens (including phenoxy) is 1. The summed E-state index contributed by atoms with van der Waals surface area (Å²) in [6.45, 7) is 6.10. The first-order chi connectivity index (χ1) is 16.3. The second-order valence-corrected chi connectivity index (χ2v) is 10.9. The summed E-state index contributed by atoms with van der Waals surface area (Å²) in [6, 6.07) is 7.09. The first-order valence-corrected chi connectivity index (χ1v) is 12.5. The Bertz CT molecular complexity index is 1420. The Labute approximate surface area is 210 Å². The third kappa shape index (κ3) is 4.87. The second-order valence-electron chi connectivity index (χ2n) is 8.94. The summed E-state index contributed by atoms with van der Waals surface area (Å²) >= 11 is 14.7. The van der Waals surface area contributed by atoms with Gasteiger partial charge in [-0.15, -0.1) is 11.3 Å². The van der Waals surface area contributed by atoms with Crippen molar-refractivity contribution in [2.75, 3.05) is 13.1 Å². The average Bonchev–Trinajstić information content (AvgIpc) is 3.19. The molecular formula is C24H23Cl2N5O2S. The van der Waals surface area contributed by atoms with Crippen LogP contribution in [0.15, 0.2) is 47.9 Å². The van der Waals surface area contributed by atoms with E-state index in [1.54, 1.807) is 28.3 Å². The normalized spacial score (nSPS) is 17.8. The zero-order valence-electron chi connectivity index (χ0n) is 18.7. The Balaban J connectivity index is 1.56. The first kappa shape index (κ1) is 23.4. The summed E-state index contributed by atoms with van der Waals surface area (Å²) in [5, 5.41) is 4.57. The van der Waals surface area contributed by atoms with Gasteiger partial charge in [0.05, 0.1) is 40.5 Å². The third-order valence-electron chi connectivity index (χ3n) is 5.74. The number of halogens is 2. The van der Waals surface area contributed by atoms with E-state index in [0.29, 0.717) is 23.0 Å². The molecule has 1 fully saturated rings. The van der Waals surface area contributed by atoms with Crippen molar-refractivity contribution >= 4 is 44.8 Å². The third-order valence-corrected chi connectivity index (χ3v) is 7.41. The predicted molar refractivity (Wildman–Crippen MR) is 136 cm³/mol. The van der Waals surface area contributed by atoms with Crippen molar-refractivity contribution in [3.8, 4) is 11.3 Å². The molecule has 1 aliphatic heterocycles. The van der Waals surface area contributed by atoms with Crippen molar-refractivity contribution in [1.29, 1.82) is 0 Å². The molecule has 5 rings (SSSR count). The molecule has 4 heterocycles. The van der Waals surface area contributed by atoms with Gasteiger partial charge in [0.2, 0.25) is 0 Å². The minimum absolute atomic E-state index is 0.0325. The lowest BCUT2D eigenvalue weighted by Gasteiger charge is -2.37. The van der Waals surface area contributed by atoms with Gasteiger partial charge in [0, 0.05) is 52.3 Å². The number of benzene rings is 1. The fourth-order valence-electron chi connectivity index (χ4n) is 4.27. The van der Waals surface area contributed by atoms with Crippen LogP contribution in [-0.2, 0) is 17.7 Å². The van der Waals surface area contributed by atoms with Crippen LogP contribution >= 0.6 is 34.5 Å². The molecule has 0 aliphatic carbocycles. The highest BCUT2D eigenvalue weighted by molar-refractivity contribution is 7.19. The second kappa shape index (κ2) is 9.36. The summed E-state index contributed by atoms with van der Waals surface area (Å²) in [4.78, 5) is 26.2. The molecule has 1 N–H and O–H groups in total. The topological polar surface area (TPSA) is 81.9 Å². The van der Waals surface area contributed by atoms with Crippen LogP contribution in [0, 0.1) is 0 Å². The Morgan fingerprint density at radius 3 is 2.91 bits per heavy atom. The van der Waals surface area contributed by atoms with Gasteiger partial charge in [0.15, 0.2) is 0 Å². The molecule has 0 bridgehead atoms. The lowest BCUT2D eigenvalue weighted by Crippen LogP contribution is -2.51. The van der Waals surface area contributed by atoms with Crippen molar-refractivity contribution < 1.29 is 4.74 Å². The number of fused-ring (bicyclic) bond motifs is 1. The van der Waals surface area contributed by atoms with Crippen LogP contribution in [0.2, 0.25) is 10.0 Å². The summed E-state index contributed by atoms with van der Waals surface area (Å²) in [6.07, 6.45) is 5.16. The van der Waals surface area contributed by atoms with Crippen LogP contribution in [0.4, 0.5) is 0 Å². The smallest absolute Gasteiger partial charge is 0.253 e. The Morgan fingerprint density at radius 2 is 2.12 bits per heavy atom. The summed E-state index contributed by atoms with van der Waals surface area (Å²) in [5.41, 5.74) is 3.02. The number of nitrogens with zero attached hydrogens (tertiary/aromatic N) is 4. The molecule has 176 valence electrons. The number of aromatic nitrogens is 4. The highest BCUT2D eigenvalue weighted by Crippen LogP contribution is 2.39. The van der Waals surface area contributed by atoms with Crippen molar-refractivity contribution in [3.63, 3.8) is 0 Å². The Hall–Kier alpha value is -2.36. The zero-order chi connectivity index (χ0) is 23.9. The van der Waals surface area contributed by atoms with Crippen LogP contribution in [0.25, 0.3) is 21.5 Å². The lowest BCUT2D eigenvalue weighted by atomic mass is 9.96. The molecule has 1 aliphatic rings. The molecule has 0 radical (unpaired) electrons. The number of rotatable bonds is 5. The van der Waals surface area contributed by atoms with E-state index in [2.05, 4.69) is 34.1 Å². The van der Waals surface area contributed by atoms with E-state index in [1.807, 2.05) is 12.1 Å². The molecule has 1 unspecified atom stereocenters. The SMILES string of the molecule is CC1(C)CNCC(Cc2c(Cl)cc(Cl)cc2-c2ncnc3cc(Cn4cnccc4=O)sc23)O1. The quantitative estimate of drug-likeness (QED) is 0.418. The number of thiophene rings is 1. The maximum atomic E-state index is 12.1. The van der Waals surface area contributed by atoms with Gasteiger partial charge in [0.1, 0.15) is 6.33 Å². The molecule has 7 nitrogen and oxygen atoms in total. The molecule has 0 spiro atoms. The molecule has 34 heavy (non-hydrogen) atoms. The summed E-state index contributed by atoms with van der Waals surface area (Å²) in [7, 11) is 0. The minimum Gasteiger partial charge on any atom is -0.369 e. The van der Waals surface area contributed by atoms with Crippen LogP contribution in [-0.4, -0.2) is 44.3 Å². The number of hydrogen-bond acceptors (Lipinski definition) is 7. The number of morpholine rings is 1. The average molecular weight is 516 g/mol. The van der Waals surface area contributed by atoms with E-state index in [-0.39, 0.29) is 17.3 Å². The van der Waals surface area contributed by atoms with Gasteiger partial charge in [-0.1, -0.05) is 23.2 Å². The highest BCUT2D eigenvalue weighted by atomic mass is 35.5. The fraction of sp³-hybridized carbons (Fsp3) is 0.333. The van der Waals surface area contributed by atoms with E-state index in [9.17, 15) is 4.79 Å². The van der Waals surface area contributed by atoms with Gasteiger partial charge in [-0.3, -0.25) is 9.36 Å². The molecule has 0 saturated carbocycles. The maximum Gasteiger partial charge on any atom is 0.253 e. The van der Waals surface area contributed by atoms with Crippen molar-refractivity contribution in [3.05, 3.63) is 74.0 Å². The zero-order valence-corrected chi connectivity index (χ0v) is 21.0. The standard InChI is InChI=1S/C24H23Cl2N5O2S/c1-24(2)11-28-9-15(33-24)7-17-18(5-14(25)6-19(17)26)22-23-20(29-12-30-22)8-16(34-23)10-31-13-27-4-3-21(31)32/h3-6,8,12-13,15,28H,7,9-11H2,1-2H3. The fourth-order valence-corrected chi connectivity index (χ4v) is 5.95. The van der Waals surface area contributed by atoms with Crippen LogP contribution in [0.5, 0.6) is 0 Å². The Kier molecular flexibility index (Phi) is 6.43. The molecule has 1 saturated heterocycles. The van der Waals surface area contributed by atoms with Crippen LogP contribution in [0.3, 0.4) is 0 Å². The molecule has 3 aromatic heterocycles. The Morgan fingerprint density at radius 1 is 1.26 bits per heavy atom. The molecule has 10 heteroatoms. The lowest BCUT2D eigenvalue weighted by molar-refractivity contribution is -0.0927. The monoisotopic (exact) mass is 515 g/mol. The van der Waals surface area contributed by atoms with Gasteiger partial charge in [0.25, 0.3) is 5.56 Å². The molecule has 1 aromatic carbocycles. The van der Waals surface area contributed by atoms with E-state index in [0.717, 1.165) is 45.0 Å². The van der Waals surface area contributed by atoms with Gasteiger partial charge < -0.3 is 10.1 Å². The molecular weight excluding hydrogens is 493 g/mol.